The average molecular weight is 421 g/mol. The highest BCUT2D eigenvalue weighted by Gasteiger charge is 2.12. The minimum atomic E-state index is -0.156. The summed E-state index contributed by atoms with van der Waals surface area (Å²) in [4.78, 5) is 17.1. The summed E-state index contributed by atoms with van der Waals surface area (Å²) in [5.74, 6) is 1.14. The molecule has 0 saturated carbocycles. The fraction of sp³-hybridized carbons (Fsp3) is 0.0435. The van der Waals surface area contributed by atoms with Crippen LogP contribution in [0.15, 0.2) is 84.2 Å². The van der Waals surface area contributed by atoms with Crippen molar-refractivity contribution in [1.82, 2.24) is 4.98 Å². The standard InChI is InChI=1S/C23H17ClN2O2S/c24-17-8-6-7-16(13-17)23-25-18(15-29-23)14-22(27)26-20-11-4-5-12-21(20)28-19-9-2-1-3-10-19/h1-13,15H,14H2,(H,26,27). The van der Waals surface area contributed by atoms with Crippen LogP contribution in [0, 0.1) is 0 Å². The van der Waals surface area contributed by atoms with E-state index in [1.54, 1.807) is 0 Å². The fourth-order valence-electron chi connectivity index (χ4n) is 2.78. The Bertz CT molecular complexity index is 1130. The third kappa shape index (κ3) is 5.02. The average Bonchev–Trinajstić information content (AvgIpc) is 3.19. The van der Waals surface area contributed by atoms with Gasteiger partial charge in [0.15, 0.2) is 5.75 Å². The minimum Gasteiger partial charge on any atom is -0.455 e. The van der Waals surface area contributed by atoms with E-state index in [1.165, 1.54) is 11.3 Å². The number of nitrogens with zero attached hydrogens (tertiary/aromatic N) is 1. The molecule has 0 spiro atoms. The lowest BCUT2D eigenvalue weighted by atomic mass is 10.2. The van der Waals surface area contributed by atoms with Gasteiger partial charge in [-0.15, -0.1) is 11.3 Å². The molecule has 29 heavy (non-hydrogen) atoms. The summed E-state index contributed by atoms with van der Waals surface area (Å²) < 4.78 is 5.89. The van der Waals surface area contributed by atoms with Gasteiger partial charge >= 0.3 is 0 Å². The van der Waals surface area contributed by atoms with Crippen LogP contribution in [0.2, 0.25) is 5.02 Å². The lowest BCUT2D eigenvalue weighted by Gasteiger charge is -2.11. The van der Waals surface area contributed by atoms with Crippen molar-refractivity contribution in [2.75, 3.05) is 5.32 Å². The van der Waals surface area contributed by atoms with E-state index in [4.69, 9.17) is 16.3 Å². The highest BCUT2D eigenvalue weighted by atomic mass is 35.5. The number of aromatic nitrogens is 1. The molecule has 0 fully saturated rings. The van der Waals surface area contributed by atoms with E-state index in [0.717, 1.165) is 10.6 Å². The molecule has 1 amide bonds. The van der Waals surface area contributed by atoms with Gasteiger partial charge in [0, 0.05) is 16.0 Å². The van der Waals surface area contributed by atoms with Crippen molar-refractivity contribution in [3.8, 4) is 22.1 Å². The van der Waals surface area contributed by atoms with Crippen molar-refractivity contribution < 1.29 is 9.53 Å². The van der Waals surface area contributed by atoms with Gasteiger partial charge in [0.05, 0.1) is 17.8 Å². The molecule has 0 atom stereocenters. The third-order valence-corrected chi connectivity index (χ3v) is 5.27. The Morgan fingerprint density at radius 2 is 1.79 bits per heavy atom. The molecule has 0 bridgehead atoms. The molecule has 6 heteroatoms. The molecule has 0 aliphatic heterocycles. The zero-order chi connectivity index (χ0) is 20.1. The first-order chi connectivity index (χ1) is 14.2. The molecule has 0 saturated heterocycles. The topological polar surface area (TPSA) is 51.2 Å². The first kappa shape index (κ1) is 19.2. The molecule has 3 aromatic carbocycles. The van der Waals surface area contributed by atoms with Crippen LogP contribution < -0.4 is 10.1 Å². The number of benzene rings is 3. The SMILES string of the molecule is O=C(Cc1csc(-c2cccc(Cl)c2)n1)Nc1ccccc1Oc1ccccc1. The van der Waals surface area contributed by atoms with Gasteiger partial charge in [-0.3, -0.25) is 4.79 Å². The smallest absolute Gasteiger partial charge is 0.230 e. The number of halogens is 1. The number of carbonyl (C=O) groups is 1. The van der Waals surface area contributed by atoms with E-state index < -0.39 is 0 Å². The van der Waals surface area contributed by atoms with Gasteiger partial charge in [0.1, 0.15) is 10.8 Å². The third-order valence-electron chi connectivity index (χ3n) is 4.10. The molecule has 1 heterocycles. The van der Waals surface area contributed by atoms with Crippen LogP contribution in [0.5, 0.6) is 11.5 Å². The van der Waals surface area contributed by atoms with Crippen LogP contribution in [0.1, 0.15) is 5.69 Å². The maximum Gasteiger partial charge on any atom is 0.230 e. The first-order valence-corrected chi connectivity index (χ1v) is 10.3. The molecule has 0 radical (unpaired) electrons. The summed E-state index contributed by atoms with van der Waals surface area (Å²) >= 11 is 7.54. The lowest BCUT2D eigenvalue weighted by molar-refractivity contribution is -0.115. The second-order valence-electron chi connectivity index (χ2n) is 6.29. The van der Waals surface area contributed by atoms with Gasteiger partial charge in [-0.1, -0.05) is 54.1 Å². The molecular formula is C23H17ClN2O2S. The second-order valence-corrected chi connectivity index (χ2v) is 7.59. The second kappa shape index (κ2) is 8.90. The molecule has 144 valence electrons. The van der Waals surface area contributed by atoms with Gasteiger partial charge in [0.25, 0.3) is 0 Å². The van der Waals surface area contributed by atoms with Crippen LogP contribution in [0.3, 0.4) is 0 Å². The highest BCUT2D eigenvalue weighted by molar-refractivity contribution is 7.13. The fourth-order valence-corrected chi connectivity index (χ4v) is 3.78. The van der Waals surface area contributed by atoms with E-state index in [0.29, 0.717) is 27.9 Å². The molecule has 4 aromatic rings. The van der Waals surface area contributed by atoms with E-state index in [2.05, 4.69) is 10.3 Å². The minimum absolute atomic E-state index is 0.156. The van der Waals surface area contributed by atoms with Crippen molar-refractivity contribution in [2.24, 2.45) is 0 Å². The number of hydrogen-bond acceptors (Lipinski definition) is 4. The largest absolute Gasteiger partial charge is 0.455 e. The van der Waals surface area contributed by atoms with Crippen LogP contribution in [-0.2, 0) is 11.2 Å². The molecule has 0 aliphatic rings. The predicted molar refractivity (Wildman–Crippen MR) is 118 cm³/mol. The molecular weight excluding hydrogens is 404 g/mol. The Labute approximate surface area is 177 Å². The Kier molecular flexibility index (Phi) is 5.89. The quantitative estimate of drug-likeness (QED) is 0.390. The van der Waals surface area contributed by atoms with Crippen molar-refractivity contribution in [3.05, 3.63) is 95.0 Å². The Morgan fingerprint density at radius 1 is 1.00 bits per heavy atom. The van der Waals surface area contributed by atoms with Crippen LogP contribution in [0.4, 0.5) is 5.69 Å². The number of anilines is 1. The number of amides is 1. The normalized spacial score (nSPS) is 10.5. The number of hydrogen-bond donors (Lipinski definition) is 1. The number of para-hydroxylation sites is 3. The van der Waals surface area contributed by atoms with Crippen molar-refractivity contribution in [1.29, 1.82) is 0 Å². The van der Waals surface area contributed by atoms with Gasteiger partial charge in [-0.05, 0) is 36.4 Å². The summed E-state index contributed by atoms with van der Waals surface area (Å²) in [5, 5.41) is 6.30. The monoisotopic (exact) mass is 420 g/mol. The summed E-state index contributed by atoms with van der Waals surface area (Å²) in [6.07, 6.45) is 0.177. The summed E-state index contributed by atoms with van der Waals surface area (Å²) in [6, 6.07) is 24.3. The zero-order valence-corrected chi connectivity index (χ0v) is 16.9. The van der Waals surface area contributed by atoms with Crippen LogP contribution in [0.25, 0.3) is 10.6 Å². The number of thiazole rings is 1. The Morgan fingerprint density at radius 3 is 2.62 bits per heavy atom. The highest BCUT2D eigenvalue weighted by Crippen LogP contribution is 2.30. The maximum atomic E-state index is 12.6. The van der Waals surface area contributed by atoms with E-state index in [1.807, 2.05) is 84.2 Å². The van der Waals surface area contributed by atoms with Crippen LogP contribution in [-0.4, -0.2) is 10.9 Å². The van der Waals surface area contributed by atoms with Crippen LogP contribution >= 0.6 is 22.9 Å². The summed E-state index contributed by atoms with van der Waals surface area (Å²) in [6.45, 7) is 0. The summed E-state index contributed by atoms with van der Waals surface area (Å²) in [5.41, 5.74) is 2.27. The molecule has 1 N–H and O–H groups in total. The van der Waals surface area contributed by atoms with Gasteiger partial charge in [-0.25, -0.2) is 4.98 Å². The zero-order valence-electron chi connectivity index (χ0n) is 15.3. The van der Waals surface area contributed by atoms with Gasteiger partial charge in [-0.2, -0.15) is 0 Å². The van der Waals surface area contributed by atoms with Gasteiger partial charge < -0.3 is 10.1 Å². The number of carbonyl (C=O) groups excluding carboxylic acids is 1. The van der Waals surface area contributed by atoms with E-state index in [-0.39, 0.29) is 12.3 Å². The number of ether oxygens (including phenoxy) is 1. The van der Waals surface area contributed by atoms with E-state index in [9.17, 15) is 4.79 Å². The Balaban J connectivity index is 1.44. The Hall–Kier alpha value is -3.15. The number of nitrogens with one attached hydrogen (secondary N) is 1. The molecule has 0 aliphatic carbocycles. The number of rotatable bonds is 6. The molecule has 4 nitrogen and oxygen atoms in total. The molecule has 4 rings (SSSR count). The van der Waals surface area contributed by atoms with E-state index >= 15 is 0 Å². The van der Waals surface area contributed by atoms with Crippen molar-refractivity contribution in [2.45, 2.75) is 6.42 Å². The van der Waals surface area contributed by atoms with Crippen molar-refractivity contribution >= 4 is 34.5 Å². The molecule has 0 unspecified atom stereocenters. The first-order valence-electron chi connectivity index (χ1n) is 8.99. The van der Waals surface area contributed by atoms with Gasteiger partial charge in [0.2, 0.25) is 5.91 Å². The molecule has 1 aromatic heterocycles. The maximum absolute atomic E-state index is 12.6. The predicted octanol–water partition coefficient (Wildman–Crippen LogP) is 6.44. The lowest BCUT2D eigenvalue weighted by Crippen LogP contribution is -2.15. The van der Waals surface area contributed by atoms with Crippen molar-refractivity contribution in [3.63, 3.8) is 0 Å². The summed E-state index contributed by atoms with van der Waals surface area (Å²) in [7, 11) is 0.